The minimum absolute atomic E-state index is 0.753. The molecule has 0 heterocycles. The lowest BCUT2D eigenvalue weighted by molar-refractivity contribution is 0.130. The zero-order valence-corrected chi connectivity index (χ0v) is 16.0. The molecule has 0 saturated heterocycles. The molecule has 2 aliphatic rings. The molecule has 0 amide bonds. The van der Waals surface area contributed by atoms with Gasteiger partial charge in [-0.3, -0.25) is 0 Å². The van der Waals surface area contributed by atoms with E-state index in [1.165, 1.54) is 63.4 Å². The Balaban J connectivity index is 1.53. The zero-order valence-electron chi connectivity index (χ0n) is 16.0. The van der Waals surface area contributed by atoms with Gasteiger partial charge in [-0.2, -0.15) is 0 Å². The van der Waals surface area contributed by atoms with Crippen molar-refractivity contribution in [1.82, 2.24) is 0 Å². The largest absolute Gasteiger partial charge is 0.497 e. The van der Waals surface area contributed by atoms with Gasteiger partial charge in [0, 0.05) is 0 Å². The van der Waals surface area contributed by atoms with Gasteiger partial charge >= 0.3 is 0 Å². The van der Waals surface area contributed by atoms with Crippen molar-refractivity contribution >= 4 is 0 Å². The van der Waals surface area contributed by atoms with E-state index in [2.05, 4.69) is 38.1 Å². The van der Waals surface area contributed by atoms with Crippen LogP contribution >= 0.6 is 0 Å². The van der Waals surface area contributed by atoms with Crippen molar-refractivity contribution in [2.45, 2.75) is 77.6 Å². The van der Waals surface area contributed by atoms with E-state index in [1.54, 1.807) is 7.11 Å². The van der Waals surface area contributed by atoms with Gasteiger partial charge in [0.25, 0.3) is 0 Å². The number of rotatable bonds is 5. The Morgan fingerprint density at radius 2 is 1.58 bits per heavy atom. The SMILES string of the molecule is CCCC1CCC(C2CCC(c3ccc(OC)cc3)C(C)C2)CC1. The number of benzene rings is 1. The van der Waals surface area contributed by atoms with E-state index < -0.39 is 0 Å². The Hall–Kier alpha value is -0.980. The number of hydrogen-bond donors (Lipinski definition) is 0. The fourth-order valence-electron chi connectivity index (χ4n) is 5.57. The number of ether oxygens (including phenoxy) is 1. The molecule has 3 rings (SSSR count). The standard InChI is InChI=1S/C23H36O/c1-4-5-18-6-8-19(9-7-18)21-12-15-23(17(2)16-21)20-10-13-22(24-3)14-11-20/h10-11,13-14,17-19,21,23H,4-9,12,15-16H2,1-3H3. The summed E-state index contributed by atoms with van der Waals surface area (Å²) in [4.78, 5) is 0. The van der Waals surface area contributed by atoms with Gasteiger partial charge in [0.2, 0.25) is 0 Å². The van der Waals surface area contributed by atoms with Crippen LogP contribution in [-0.4, -0.2) is 7.11 Å². The molecule has 24 heavy (non-hydrogen) atoms. The molecule has 0 aliphatic heterocycles. The summed E-state index contributed by atoms with van der Waals surface area (Å²) in [5.74, 6) is 5.62. The Morgan fingerprint density at radius 3 is 2.17 bits per heavy atom. The molecule has 2 aliphatic carbocycles. The van der Waals surface area contributed by atoms with Crippen molar-refractivity contribution in [1.29, 1.82) is 0 Å². The van der Waals surface area contributed by atoms with E-state index in [1.807, 2.05) is 0 Å². The van der Waals surface area contributed by atoms with Crippen LogP contribution in [0, 0.1) is 23.7 Å². The molecule has 3 unspecified atom stereocenters. The first-order valence-corrected chi connectivity index (χ1v) is 10.3. The van der Waals surface area contributed by atoms with E-state index in [0.29, 0.717) is 0 Å². The third kappa shape index (κ3) is 4.16. The average molecular weight is 329 g/mol. The Morgan fingerprint density at radius 1 is 0.917 bits per heavy atom. The Bertz CT molecular complexity index is 483. The minimum atomic E-state index is 0.753. The van der Waals surface area contributed by atoms with Crippen LogP contribution in [0.5, 0.6) is 5.75 Å². The van der Waals surface area contributed by atoms with E-state index >= 15 is 0 Å². The highest BCUT2D eigenvalue weighted by atomic mass is 16.5. The van der Waals surface area contributed by atoms with Crippen LogP contribution < -0.4 is 4.74 Å². The van der Waals surface area contributed by atoms with Crippen LogP contribution in [0.2, 0.25) is 0 Å². The minimum Gasteiger partial charge on any atom is -0.497 e. The topological polar surface area (TPSA) is 9.23 Å². The van der Waals surface area contributed by atoms with Gasteiger partial charge < -0.3 is 4.74 Å². The third-order valence-electron chi connectivity index (χ3n) is 7.01. The van der Waals surface area contributed by atoms with Gasteiger partial charge in [-0.25, -0.2) is 0 Å². The van der Waals surface area contributed by atoms with Crippen LogP contribution in [0.15, 0.2) is 24.3 Å². The smallest absolute Gasteiger partial charge is 0.118 e. The molecule has 2 saturated carbocycles. The second-order valence-corrected chi connectivity index (χ2v) is 8.50. The molecular formula is C23H36O. The van der Waals surface area contributed by atoms with Gasteiger partial charge in [0.1, 0.15) is 5.75 Å². The highest BCUT2D eigenvalue weighted by Crippen LogP contribution is 2.47. The van der Waals surface area contributed by atoms with Crippen LogP contribution in [0.3, 0.4) is 0 Å². The molecule has 1 aromatic rings. The second kappa shape index (κ2) is 8.41. The molecule has 0 radical (unpaired) electrons. The van der Waals surface area contributed by atoms with E-state index in [9.17, 15) is 0 Å². The third-order valence-corrected chi connectivity index (χ3v) is 7.01. The quantitative estimate of drug-likeness (QED) is 0.576. The maximum atomic E-state index is 5.31. The predicted octanol–water partition coefficient (Wildman–Crippen LogP) is 6.82. The average Bonchev–Trinajstić information content (AvgIpc) is 2.63. The van der Waals surface area contributed by atoms with Gasteiger partial charge in [0.15, 0.2) is 0 Å². The number of hydrogen-bond acceptors (Lipinski definition) is 1. The second-order valence-electron chi connectivity index (χ2n) is 8.50. The van der Waals surface area contributed by atoms with Crippen molar-refractivity contribution in [2.24, 2.45) is 23.7 Å². The molecule has 0 bridgehead atoms. The summed E-state index contributed by atoms with van der Waals surface area (Å²) in [6, 6.07) is 8.83. The van der Waals surface area contributed by atoms with Gasteiger partial charge in [-0.15, -0.1) is 0 Å². The van der Waals surface area contributed by atoms with E-state index in [-0.39, 0.29) is 0 Å². The van der Waals surface area contributed by atoms with Crippen molar-refractivity contribution in [3.05, 3.63) is 29.8 Å². The van der Waals surface area contributed by atoms with Crippen molar-refractivity contribution in [2.75, 3.05) is 7.11 Å². The molecule has 134 valence electrons. The van der Waals surface area contributed by atoms with Crippen molar-refractivity contribution in [3.63, 3.8) is 0 Å². The first-order valence-electron chi connectivity index (χ1n) is 10.3. The summed E-state index contributed by atoms with van der Waals surface area (Å²) in [7, 11) is 1.75. The van der Waals surface area contributed by atoms with Gasteiger partial charge in [-0.1, -0.05) is 51.7 Å². The van der Waals surface area contributed by atoms with E-state index in [0.717, 1.165) is 35.3 Å². The maximum Gasteiger partial charge on any atom is 0.118 e. The van der Waals surface area contributed by atoms with Crippen LogP contribution in [0.1, 0.15) is 83.1 Å². The Labute approximate surface area is 149 Å². The normalized spacial score (nSPS) is 34.0. The lowest BCUT2D eigenvalue weighted by Gasteiger charge is -2.41. The highest BCUT2D eigenvalue weighted by Gasteiger charge is 2.34. The Kier molecular flexibility index (Phi) is 6.25. The maximum absolute atomic E-state index is 5.31. The summed E-state index contributed by atoms with van der Waals surface area (Å²) in [6.07, 6.45) is 13.1. The predicted molar refractivity (Wildman–Crippen MR) is 103 cm³/mol. The molecule has 2 fully saturated rings. The zero-order chi connectivity index (χ0) is 16.9. The molecule has 1 aromatic carbocycles. The first kappa shape index (κ1) is 17.8. The fraction of sp³-hybridized carbons (Fsp3) is 0.739. The molecule has 1 heteroatoms. The summed E-state index contributed by atoms with van der Waals surface area (Å²) < 4.78 is 5.31. The van der Waals surface area contributed by atoms with Crippen molar-refractivity contribution < 1.29 is 4.74 Å². The van der Waals surface area contributed by atoms with Crippen LogP contribution in [0.25, 0.3) is 0 Å². The lowest BCUT2D eigenvalue weighted by atomic mass is 9.65. The summed E-state index contributed by atoms with van der Waals surface area (Å²) in [5.41, 5.74) is 1.52. The molecular weight excluding hydrogens is 292 g/mol. The molecule has 1 nitrogen and oxygen atoms in total. The summed E-state index contributed by atoms with van der Waals surface area (Å²) in [5, 5.41) is 0. The molecule has 3 atom stereocenters. The highest BCUT2D eigenvalue weighted by molar-refractivity contribution is 5.30. The molecule has 0 spiro atoms. The monoisotopic (exact) mass is 328 g/mol. The molecule has 0 aromatic heterocycles. The first-order chi connectivity index (χ1) is 11.7. The van der Waals surface area contributed by atoms with Gasteiger partial charge in [-0.05, 0) is 79.4 Å². The summed E-state index contributed by atoms with van der Waals surface area (Å²) in [6.45, 7) is 4.83. The lowest BCUT2D eigenvalue weighted by Crippen LogP contribution is -2.29. The molecule has 0 N–H and O–H groups in total. The van der Waals surface area contributed by atoms with Gasteiger partial charge in [0.05, 0.1) is 7.11 Å². The van der Waals surface area contributed by atoms with Crippen LogP contribution in [-0.2, 0) is 0 Å². The summed E-state index contributed by atoms with van der Waals surface area (Å²) >= 11 is 0. The fourth-order valence-corrected chi connectivity index (χ4v) is 5.57. The van der Waals surface area contributed by atoms with E-state index in [4.69, 9.17) is 4.74 Å². The number of methoxy groups -OCH3 is 1. The van der Waals surface area contributed by atoms with Crippen molar-refractivity contribution in [3.8, 4) is 5.75 Å². The van der Waals surface area contributed by atoms with Crippen LogP contribution in [0.4, 0.5) is 0 Å².